The van der Waals surface area contributed by atoms with Gasteiger partial charge >= 0.3 is 0 Å². The number of benzene rings is 1. The second kappa shape index (κ2) is 6.39. The van der Waals surface area contributed by atoms with Gasteiger partial charge in [-0.15, -0.1) is 10.2 Å². The van der Waals surface area contributed by atoms with Gasteiger partial charge in [0.15, 0.2) is 5.16 Å². The highest BCUT2D eigenvalue weighted by Gasteiger charge is 2.26. The number of thioether (sulfide) groups is 1. The third kappa shape index (κ3) is 3.21. The van der Waals surface area contributed by atoms with E-state index < -0.39 is 0 Å². The second-order valence-electron chi connectivity index (χ2n) is 6.33. The zero-order chi connectivity index (χ0) is 16.5. The van der Waals surface area contributed by atoms with E-state index in [2.05, 4.69) is 50.9 Å². The van der Waals surface area contributed by atoms with Crippen molar-refractivity contribution in [2.45, 2.75) is 49.6 Å². The van der Waals surface area contributed by atoms with Crippen molar-refractivity contribution in [1.82, 2.24) is 24.9 Å². The van der Waals surface area contributed by atoms with Crippen LogP contribution < -0.4 is 0 Å². The summed E-state index contributed by atoms with van der Waals surface area (Å²) < 4.78 is 7.50. The smallest absolute Gasteiger partial charge is 0.237 e. The van der Waals surface area contributed by atoms with E-state index >= 15 is 0 Å². The molecule has 0 spiro atoms. The van der Waals surface area contributed by atoms with Crippen molar-refractivity contribution in [2.24, 2.45) is 0 Å². The Morgan fingerprint density at radius 1 is 1.25 bits per heavy atom. The van der Waals surface area contributed by atoms with Crippen molar-refractivity contribution in [3.8, 4) is 11.4 Å². The summed E-state index contributed by atoms with van der Waals surface area (Å²) >= 11 is 1.58. The zero-order valence-electron chi connectivity index (χ0n) is 13.7. The molecule has 2 aromatic heterocycles. The molecule has 2 heterocycles. The highest BCUT2D eigenvalue weighted by atomic mass is 32.2. The average molecular weight is 341 g/mol. The Morgan fingerprint density at radius 2 is 2.04 bits per heavy atom. The van der Waals surface area contributed by atoms with Gasteiger partial charge in [-0.1, -0.05) is 55.0 Å². The molecular formula is C17H19N5OS. The predicted molar refractivity (Wildman–Crippen MR) is 91.7 cm³/mol. The Kier molecular flexibility index (Phi) is 4.10. The monoisotopic (exact) mass is 341 g/mol. The van der Waals surface area contributed by atoms with E-state index in [-0.39, 0.29) is 0 Å². The number of rotatable bonds is 6. The molecule has 124 valence electrons. The summed E-state index contributed by atoms with van der Waals surface area (Å²) in [5.74, 6) is 2.35. The fourth-order valence-electron chi connectivity index (χ4n) is 2.51. The predicted octanol–water partition coefficient (Wildman–Crippen LogP) is 4.08. The summed E-state index contributed by atoms with van der Waals surface area (Å²) in [5, 5.41) is 13.2. The van der Waals surface area contributed by atoms with Gasteiger partial charge < -0.3 is 9.09 Å². The Hall–Kier alpha value is -2.15. The largest absolute Gasteiger partial charge is 0.338 e. The van der Waals surface area contributed by atoms with E-state index in [1.807, 2.05) is 12.1 Å². The zero-order valence-corrected chi connectivity index (χ0v) is 14.5. The molecular weight excluding hydrogens is 322 g/mol. The number of hydrogen-bond acceptors (Lipinski definition) is 6. The molecule has 3 aromatic rings. The molecule has 0 radical (unpaired) electrons. The molecule has 1 aromatic carbocycles. The molecule has 0 aliphatic heterocycles. The summed E-state index contributed by atoms with van der Waals surface area (Å²) in [4.78, 5) is 4.49. The van der Waals surface area contributed by atoms with E-state index in [4.69, 9.17) is 4.52 Å². The topological polar surface area (TPSA) is 69.6 Å². The van der Waals surface area contributed by atoms with Crippen LogP contribution >= 0.6 is 11.8 Å². The molecule has 0 N–H and O–H groups in total. The van der Waals surface area contributed by atoms with E-state index in [9.17, 15) is 0 Å². The fraction of sp³-hybridized carbons (Fsp3) is 0.412. The van der Waals surface area contributed by atoms with E-state index in [0.717, 1.165) is 10.7 Å². The van der Waals surface area contributed by atoms with Gasteiger partial charge in [-0.2, -0.15) is 4.98 Å². The molecule has 7 heteroatoms. The lowest BCUT2D eigenvalue weighted by molar-refractivity contribution is 0.391. The highest BCUT2D eigenvalue weighted by Crippen LogP contribution is 2.37. The van der Waals surface area contributed by atoms with Gasteiger partial charge in [0.1, 0.15) is 6.33 Å². The van der Waals surface area contributed by atoms with Gasteiger partial charge in [0.2, 0.25) is 11.7 Å². The Labute approximate surface area is 144 Å². The second-order valence-corrected chi connectivity index (χ2v) is 7.27. The first kappa shape index (κ1) is 15.4. The number of hydrogen-bond donors (Lipinski definition) is 0. The van der Waals surface area contributed by atoms with Crippen LogP contribution in [0, 0.1) is 0 Å². The Morgan fingerprint density at radius 3 is 2.75 bits per heavy atom. The summed E-state index contributed by atoms with van der Waals surface area (Å²) in [5.41, 5.74) is 2.28. The van der Waals surface area contributed by atoms with Crippen LogP contribution in [0.2, 0.25) is 0 Å². The van der Waals surface area contributed by atoms with E-state index in [1.165, 1.54) is 18.4 Å². The van der Waals surface area contributed by atoms with Crippen LogP contribution in [-0.4, -0.2) is 24.9 Å². The van der Waals surface area contributed by atoms with Crippen molar-refractivity contribution >= 4 is 11.8 Å². The quantitative estimate of drug-likeness (QED) is 0.629. The van der Waals surface area contributed by atoms with Crippen LogP contribution in [-0.2, 0) is 5.75 Å². The number of aromatic nitrogens is 5. The van der Waals surface area contributed by atoms with Crippen LogP contribution in [0.1, 0.15) is 50.1 Å². The van der Waals surface area contributed by atoms with Gasteiger partial charge in [-0.05, 0) is 24.3 Å². The molecule has 6 nitrogen and oxygen atoms in total. The molecule has 1 fully saturated rings. The summed E-state index contributed by atoms with van der Waals surface area (Å²) in [7, 11) is 0. The minimum absolute atomic E-state index is 0.514. The molecule has 0 saturated heterocycles. The lowest BCUT2D eigenvalue weighted by Gasteiger charge is -2.04. The summed E-state index contributed by atoms with van der Waals surface area (Å²) in [6.07, 6.45) is 4.22. The molecule has 0 atom stereocenters. The van der Waals surface area contributed by atoms with Crippen LogP contribution in [0.4, 0.5) is 0 Å². The SMILES string of the molecule is CC(C)c1ccc(-c2noc(CSc3nncn3C3CC3)n2)cc1. The summed E-state index contributed by atoms with van der Waals surface area (Å²) in [6.45, 7) is 4.36. The third-order valence-corrected chi connectivity index (χ3v) is 5.05. The molecule has 24 heavy (non-hydrogen) atoms. The first-order valence-corrected chi connectivity index (χ1v) is 9.14. The first-order chi connectivity index (χ1) is 11.7. The van der Waals surface area contributed by atoms with Crippen molar-refractivity contribution < 1.29 is 4.52 Å². The Balaban J connectivity index is 1.43. The maximum atomic E-state index is 5.37. The van der Waals surface area contributed by atoms with Crippen molar-refractivity contribution in [2.75, 3.05) is 0 Å². The van der Waals surface area contributed by atoms with Crippen LogP contribution in [0.5, 0.6) is 0 Å². The average Bonchev–Trinajstić information content (AvgIpc) is 3.14. The molecule has 1 saturated carbocycles. The lowest BCUT2D eigenvalue weighted by atomic mass is 10.0. The van der Waals surface area contributed by atoms with Gasteiger partial charge in [0.05, 0.1) is 5.75 Å². The number of nitrogens with zero attached hydrogens (tertiary/aromatic N) is 5. The highest BCUT2D eigenvalue weighted by molar-refractivity contribution is 7.98. The van der Waals surface area contributed by atoms with E-state index in [0.29, 0.717) is 29.4 Å². The van der Waals surface area contributed by atoms with Gasteiger partial charge in [0.25, 0.3) is 0 Å². The maximum Gasteiger partial charge on any atom is 0.237 e. The minimum Gasteiger partial charge on any atom is -0.338 e. The van der Waals surface area contributed by atoms with E-state index in [1.54, 1.807) is 18.1 Å². The van der Waals surface area contributed by atoms with Crippen LogP contribution in [0.25, 0.3) is 11.4 Å². The van der Waals surface area contributed by atoms with Crippen molar-refractivity contribution in [3.63, 3.8) is 0 Å². The molecule has 1 aliphatic carbocycles. The minimum atomic E-state index is 0.514. The van der Waals surface area contributed by atoms with Crippen LogP contribution in [0.3, 0.4) is 0 Å². The lowest BCUT2D eigenvalue weighted by Crippen LogP contribution is -1.94. The molecule has 1 aliphatic rings. The van der Waals surface area contributed by atoms with Gasteiger partial charge in [-0.3, -0.25) is 0 Å². The molecule has 0 bridgehead atoms. The van der Waals surface area contributed by atoms with Crippen molar-refractivity contribution in [1.29, 1.82) is 0 Å². The van der Waals surface area contributed by atoms with Crippen LogP contribution in [0.15, 0.2) is 40.3 Å². The maximum absolute atomic E-state index is 5.37. The molecule has 4 rings (SSSR count). The molecule has 0 unspecified atom stereocenters. The van der Waals surface area contributed by atoms with Crippen molar-refractivity contribution in [3.05, 3.63) is 42.0 Å². The fourth-order valence-corrected chi connectivity index (χ4v) is 3.33. The van der Waals surface area contributed by atoms with Gasteiger partial charge in [-0.25, -0.2) is 0 Å². The Bertz CT molecular complexity index is 820. The van der Waals surface area contributed by atoms with Gasteiger partial charge in [0, 0.05) is 11.6 Å². The summed E-state index contributed by atoms with van der Waals surface area (Å²) in [6, 6.07) is 8.88. The normalized spacial score (nSPS) is 14.5. The third-order valence-electron chi connectivity index (χ3n) is 4.11. The molecule has 0 amide bonds. The standard InChI is InChI=1S/C17H19N5OS/c1-11(2)12-3-5-13(6-4-12)16-19-15(23-21-16)9-24-17-20-18-10-22(17)14-7-8-14/h3-6,10-11,14H,7-9H2,1-2H3. The first-order valence-electron chi connectivity index (χ1n) is 8.16.